The third kappa shape index (κ3) is 5.65. The van der Waals surface area contributed by atoms with Gasteiger partial charge in [-0.2, -0.15) is 0 Å². The SMILES string of the molecule is CCOc1cc([C@@H]2c3sc(=O)[nH]c3S[C@H]3C(=O)N(c4ccccc4)C(=O)[C@@H]23)ccc1OCC(=O)Nc1ccc(Cl)c(Cl)c1. The van der Waals surface area contributed by atoms with Crippen LogP contribution in [0, 0.1) is 5.92 Å². The lowest BCUT2D eigenvalue weighted by Crippen LogP contribution is -2.32. The number of hydrogen-bond acceptors (Lipinski definition) is 8. The fourth-order valence-corrected chi connectivity index (χ4v) is 8.04. The highest BCUT2D eigenvalue weighted by atomic mass is 35.5. The van der Waals surface area contributed by atoms with E-state index >= 15 is 0 Å². The van der Waals surface area contributed by atoms with Crippen molar-refractivity contribution in [3.63, 3.8) is 0 Å². The zero-order valence-electron chi connectivity index (χ0n) is 22.5. The number of nitrogens with zero attached hydrogens (tertiary/aromatic N) is 1. The highest BCUT2D eigenvalue weighted by Crippen LogP contribution is 2.53. The monoisotopic (exact) mass is 655 g/mol. The number of carbonyl (C=O) groups is 3. The molecule has 1 fully saturated rings. The molecular formula is C30H23Cl2N3O6S2. The van der Waals surface area contributed by atoms with Gasteiger partial charge in [0.1, 0.15) is 5.25 Å². The van der Waals surface area contributed by atoms with Crippen LogP contribution in [-0.2, 0) is 14.4 Å². The second-order valence-electron chi connectivity index (χ2n) is 9.70. The number of nitrogens with one attached hydrogen (secondary N) is 2. The van der Waals surface area contributed by atoms with Gasteiger partial charge >= 0.3 is 4.87 Å². The molecule has 6 rings (SSSR count). The zero-order chi connectivity index (χ0) is 30.2. The third-order valence-electron chi connectivity index (χ3n) is 7.03. The predicted octanol–water partition coefficient (Wildman–Crippen LogP) is 5.96. The van der Waals surface area contributed by atoms with Crippen LogP contribution in [0.2, 0.25) is 10.0 Å². The summed E-state index contributed by atoms with van der Waals surface area (Å²) in [6, 6.07) is 18.7. The van der Waals surface area contributed by atoms with Gasteiger partial charge in [-0.05, 0) is 55.0 Å². The van der Waals surface area contributed by atoms with Crippen LogP contribution in [0.25, 0.3) is 0 Å². The Morgan fingerprint density at radius 2 is 1.74 bits per heavy atom. The van der Waals surface area contributed by atoms with Gasteiger partial charge in [-0.15, -0.1) is 0 Å². The number of amides is 3. The van der Waals surface area contributed by atoms with Crippen LogP contribution in [0.1, 0.15) is 23.3 Å². The summed E-state index contributed by atoms with van der Waals surface area (Å²) in [7, 11) is 0. The summed E-state index contributed by atoms with van der Waals surface area (Å²) in [6.45, 7) is 1.81. The first-order valence-electron chi connectivity index (χ1n) is 13.2. The Labute approximate surface area is 264 Å². The van der Waals surface area contributed by atoms with E-state index in [4.69, 9.17) is 32.7 Å². The lowest BCUT2D eigenvalue weighted by atomic mass is 9.83. The van der Waals surface area contributed by atoms with Crippen LogP contribution in [0.4, 0.5) is 11.4 Å². The molecule has 4 aromatic rings. The van der Waals surface area contributed by atoms with Crippen molar-refractivity contribution in [3.05, 3.63) is 96.9 Å². The van der Waals surface area contributed by atoms with Crippen LogP contribution in [-0.4, -0.2) is 41.2 Å². The van der Waals surface area contributed by atoms with E-state index in [0.29, 0.717) is 55.0 Å². The number of imide groups is 1. The Hall–Kier alpha value is -3.77. The fraction of sp³-hybridized carbons (Fsp3) is 0.200. The van der Waals surface area contributed by atoms with Crippen LogP contribution >= 0.6 is 46.3 Å². The van der Waals surface area contributed by atoms with Gasteiger partial charge in [-0.25, -0.2) is 4.90 Å². The summed E-state index contributed by atoms with van der Waals surface area (Å²) in [4.78, 5) is 57.0. The van der Waals surface area contributed by atoms with Crippen molar-refractivity contribution in [1.82, 2.24) is 4.98 Å². The Morgan fingerprint density at radius 3 is 2.49 bits per heavy atom. The normalized spacial score (nSPS) is 19.1. The van der Waals surface area contributed by atoms with Crippen molar-refractivity contribution in [3.8, 4) is 11.5 Å². The van der Waals surface area contributed by atoms with Gasteiger partial charge < -0.3 is 19.8 Å². The standard InChI is InChI=1S/C30H23Cl2N3O6S2/c1-2-40-21-12-15(8-11-20(21)41-14-22(36)33-16-9-10-18(31)19(32)13-16)23-24-26(42-27-25(23)43-30(39)34-27)29(38)35(28(24)37)17-6-4-3-5-7-17/h3-13,23-24,26H,2,14H2,1H3,(H,33,36)(H,34,39)/t23-,24-,26+/m0/s1. The number of anilines is 2. The fourth-order valence-electron chi connectivity index (χ4n) is 5.23. The molecule has 0 radical (unpaired) electrons. The second kappa shape index (κ2) is 12.1. The van der Waals surface area contributed by atoms with Crippen molar-refractivity contribution in [1.29, 1.82) is 0 Å². The maximum atomic E-state index is 13.9. The van der Waals surface area contributed by atoms with Crippen molar-refractivity contribution >= 4 is 75.4 Å². The third-order valence-corrected chi connectivity index (χ3v) is 10.2. The molecular weight excluding hydrogens is 633 g/mol. The number of aromatic amines is 1. The Balaban J connectivity index is 1.30. The first-order chi connectivity index (χ1) is 20.7. The molecule has 220 valence electrons. The van der Waals surface area contributed by atoms with Gasteiger partial charge in [0.25, 0.3) is 5.91 Å². The molecule has 0 aliphatic carbocycles. The van der Waals surface area contributed by atoms with Gasteiger partial charge in [0.2, 0.25) is 11.8 Å². The molecule has 13 heteroatoms. The molecule has 9 nitrogen and oxygen atoms in total. The zero-order valence-corrected chi connectivity index (χ0v) is 25.6. The van der Waals surface area contributed by atoms with Crippen LogP contribution in [0.3, 0.4) is 0 Å². The number of hydrogen-bond donors (Lipinski definition) is 2. The molecule has 2 N–H and O–H groups in total. The molecule has 1 saturated heterocycles. The number of benzene rings is 3. The molecule has 0 unspecified atom stereocenters. The minimum absolute atomic E-state index is 0.264. The van der Waals surface area contributed by atoms with Gasteiger partial charge in [-0.1, -0.05) is 70.6 Å². The molecule has 3 heterocycles. The van der Waals surface area contributed by atoms with E-state index in [2.05, 4.69) is 10.3 Å². The molecule has 2 aliphatic heterocycles. The van der Waals surface area contributed by atoms with Crippen LogP contribution in [0.5, 0.6) is 11.5 Å². The molecule has 43 heavy (non-hydrogen) atoms. The van der Waals surface area contributed by atoms with E-state index in [1.165, 1.54) is 22.7 Å². The smallest absolute Gasteiger partial charge is 0.305 e. The molecule has 0 bridgehead atoms. The second-order valence-corrected chi connectivity index (χ2v) is 12.7. The summed E-state index contributed by atoms with van der Waals surface area (Å²) >= 11 is 14.2. The quantitative estimate of drug-likeness (QED) is 0.225. The summed E-state index contributed by atoms with van der Waals surface area (Å²) in [5.41, 5.74) is 1.65. The van der Waals surface area contributed by atoms with E-state index < -0.39 is 23.0 Å². The summed E-state index contributed by atoms with van der Waals surface area (Å²) in [5.74, 6) is -1.72. The average Bonchev–Trinajstić information content (AvgIpc) is 3.48. The van der Waals surface area contributed by atoms with E-state index in [1.807, 2.05) is 13.0 Å². The number of fused-ring (bicyclic) bond motifs is 2. The van der Waals surface area contributed by atoms with Crippen LogP contribution in [0.15, 0.2) is 76.6 Å². The number of rotatable bonds is 8. The number of H-pyrrole nitrogens is 1. The topological polar surface area (TPSA) is 118 Å². The van der Waals surface area contributed by atoms with E-state index in [1.54, 1.807) is 54.6 Å². The molecule has 2 aliphatic rings. The lowest BCUT2D eigenvalue weighted by molar-refractivity contribution is -0.122. The van der Waals surface area contributed by atoms with Gasteiger partial charge in [0.15, 0.2) is 18.1 Å². The first kappa shape index (κ1) is 29.3. The maximum absolute atomic E-state index is 13.9. The summed E-state index contributed by atoms with van der Waals surface area (Å²) in [5, 5.41) is 3.25. The van der Waals surface area contributed by atoms with Gasteiger partial charge in [0, 0.05) is 16.5 Å². The number of aromatic nitrogens is 1. The van der Waals surface area contributed by atoms with Crippen molar-refractivity contribution in [2.45, 2.75) is 23.1 Å². The number of carbonyl (C=O) groups excluding carboxylic acids is 3. The minimum Gasteiger partial charge on any atom is -0.490 e. The molecule has 3 amide bonds. The Morgan fingerprint density at radius 1 is 0.953 bits per heavy atom. The summed E-state index contributed by atoms with van der Waals surface area (Å²) in [6.07, 6.45) is 0. The average molecular weight is 657 g/mol. The Bertz CT molecular complexity index is 1790. The number of ether oxygens (including phenoxy) is 2. The summed E-state index contributed by atoms with van der Waals surface area (Å²) < 4.78 is 11.7. The Kier molecular flexibility index (Phi) is 8.23. The molecule has 3 aromatic carbocycles. The molecule has 3 atom stereocenters. The highest BCUT2D eigenvalue weighted by Gasteiger charge is 2.56. The highest BCUT2D eigenvalue weighted by molar-refractivity contribution is 8.00. The number of thioether (sulfide) groups is 1. The number of para-hydroxylation sites is 1. The van der Waals surface area contributed by atoms with Gasteiger partial charge in [-0.3, -0.25) is 19.2 Å². The lowest BCUT2D eigenvalue weighted by Gasteiger charge is -2.30. The van der Waals surface area contributed by atoms with Crippen molar-refractivity contribution in [2.75, 3.05) is 23.4 Å². The minimum atomic E-state index is -0.741. The predicted molar refractivity (Wildman–Crippen MR) is 167 cm³/mol. The number of thiazole rings is 1. The first-order valence-corrected chi connectivity index (χ1v) is 15.7. The van der Waals surface area contributed by atoms with Crippen LogP contribution < -0.4 is 24.6 Å². The van der Waals surface area contributed by atoms with E-state index in [9.17, 15) is 19.2 Å². The van der Waals surface area contributed by atoms with E-state index in [0.717, 1.165) is 11.3 Å². The van der Waals surface area contributed by atoms with Gasteiger partial charge in [0.05, 0.1) is 33.3 Å². The largest absolute Gasteiger partial charge is 0.490 e. The van der Waals surface area contributed by atoms with Crippen molar-refractivity contribution < 1.29 is 23.9 Å². The molecule has 1 aromatic heterocycles. The maximum Gasteiger partial charge on any atom is 0.305 e. The molecule has 0 spiro atoms. The number of halogens is 2. The van der Waals surface area contributed by atoms with E-state index in [-0.39, 0.29) is 23.3 Å². The molecule has 0 saturated carbocycles. The van der Waals surface area contributed by atoms with Crippen molar-refractivity contribution in [2.24, 2.45) is 5.92 Å².